The largest absolute Gasteiger partial charge is 0.496 e. The normalized spacial score (nSPS) is 13.4. The van der Waals surface area contributed by atoms with Gasteiger partial charge in [0.2, 0.25) is 5.91 Å². The fourth-order valence-electron chi connectivity index (χ4n) is 2.31. The van der Waals surface area contributed by atoms with E-state index in [9.17, 15) is 4.79 Å². The van der Waals surface area contributed by atoms with Crippen molar-refractivity contribution in [3.8, 4) is 5.75 Å². The molecular weight excluding hydrogens is 296 g/mol. The van der Waals surface area contributed by atoms with Crippen molar-refractivity contribution in [2.45, 2.75) is 32.5 Å². The highest BCUT2D eigenvalue weighted by Gasteiger charge is 2.18. The molecule has 2 rings (SSSR count). The van der Waals surface area contributed by atoms with Crippen molar-refractivity contribution in [2.24, 2.45) is 0 Å². The minimum Gasteiger partial charge on any atom is -0.496 e. The van der Waals surface area contributed by atoms with Crippen LogP contribution in [0.15, 0.2) is 41.8 Å². The fraction of sp³-hybridized carbons (Fsp3) is 0.353. The third-order valence-electron chi connectivity index (χ3n) is 3.52. The van der Waals surface area contributed by atoms with Crippen molar-refractivity contribution in [1.82, 2.24) is 10.6 Å². The lowest BCUT2D eigenvalue weighted by atomic mass is 10.1. The molecule has 0 saturated carbocycles. The summed E-state index contributed by atoms with van der Waals surface area (Å²) in [5.74, 6) is 0.823. The molecule has 22 heavy (non-hydrogen) atoms. The van der Waals surface area contributed by atoms with Gasteiger partial charge in [-0.15, -0.1) is 11.3 Å². The van der Waals surface area contributed by atoms with Gasteiger partial charge in [0, 0.05) is 16.5 Å². The van der Waals surface area contributed by atoms with E-state index >= 15 is 0 Å². The Kier molecular flexibility index (Phi) is 5.98. The molecule has 1 heterocycles. The SMILES string of the molecule is COc1ccccc1C(C)NC(C)C(=O)NCc1cccs1. The number of hydrogen-bond donors (Lipinski definition) is 2. The molecule has 1 aromatic heterocycles. The number of rotatable bonds is 7. The maximum absolute atomic E-state index is 12.2. The van der Waals surface area contributed by atoms with Gasteiger partial charge in [0.15, 0.2) is 0 Å². The van der Waals surface area contributed by atoms with Gasteiger partial charge in [-0.2, -0.15) is 0 Å². The first-order chi connectivity index (χ1) is 10.6. The molecule has 0 saturated heterocycles. The molecule has 5 heteroatoms. The Labute approximate surface area is 135 Å². The molecule has 4 nitrogen and oxygen atoms in total. The van der Waals surface area contributed by atoms with Crippen molar-refractivity contribution in [2.75, 3.05) is 7.11 Å². The summed E-state index contributed by atoms with van der Waals surface area (Å²) < 4.78 is 5.37. The minimum absolute atomic E-state index is 0.00449. The number of benzene rings is 1. The van der Waals surface area contributed by atoms with E-state index in [1.165, 1.54) is 0 Å². The van der Waals surface area contributed by atoms with Crippen LogP contribution in [-0.4, -0.2) is 19.1 Å². The Balaban J connectivity index is 1.90. The van der Waals surface area contributed by atoms with Gasteiger partial charge in [-0.3, -0.25) is 10.1 Å². The van der Waals surface area contributed by atoms with Crippen molar-refractivity contribution >= 4 is 17.2 Å². The zero-order valence-electron chi connectivity index (χ0n) is 13.1. The first-order valence-electron chi connectivity index (χ1n) is 7.31. The number of nitrogens with one attached hydrogen (secondary N) is 2. The summed E-state index contributed by atoms with van der Waals surface area (Å²) in [6, 6.07) is 11.6. The highest BCUT2D eigenvalue weighted by Crippen LogP contribution is 2.24. The van der Waals surface area contributed by atoms with Crippen LogP contribution in [0.3, 0.4) is 0 Å². The van der Waals surface area contributed by atoms with E-state index in [0.717, 1.165) is 16.2 Å². The van der Waals surface area contributed by atoms with E-state index in [1.807, 2.05) is 55.6 Å². The van der Waals surface area contributed by atoms with Crippen LogP contribution in [0.4, 0.5) is 0 Å². The summed E-state index contributed by atoms with van der Waals surface area (Å²) in [6.45, 7) is 4.47. The number of methoxy groups -OCH3 is 1. The predicted molar refractivity (Wildman–Crippen MR) is 90.2 cm³/mol. The summed E-state index contributed by atoms with van der Waals surface area (Å²) in [4.78, 5) is 13.3. The number of ether oxygens (including phenoxy) is 1. The Morgan fingerprint density at radius 2 is 2.00 bits per heavy atom. The molecule has 0 spiro atoms. The van der Waals surface area contributed by atoms with Gasteiger partial charge in [0.25, 0.3) is 0 Å². The Morgan fingerprint density at radius 1 is 1.23 bits per heavy atom. The van der Waals surface area contributed by atoms with Gasteiger partial charge in [-0.1, -0.05) is 24.3 Å². The molecule has 0 aliphatic carbocycles. The smallest absolute Gasteiger partial charge is 0.237 e. The van der Waals surface area contributed by atoms with Gasteiger partial charge < -0.3 is 10.1 Å². The molecule has 0 aliphatic rings. The van der Waals surface area contributed by atoms with E-state index in [0.29, 0.717) is 6.54 Å². The molecule has 118 valence electrons. The minimum atomic E-state index is -0.278. The summed E-state index contributed by atoms with van der Waals surface area (Å²) in [6.07, 6.45) is 0. The maximum Gasteiger partial charge on any atom is 0.237 e. The van der Waals surface area contributed by atoms with E-state index < -0.39 is 0 Å². The first kappa shape index (κ1) is 16.5. The van der Waals surface area contributed by atoms with Crippen LogP contribution >= 0.6 is 11.3 Å². The molecule has 2 unspecified atom stereocenters. The zero-order chi connectivity index (χ0) is 15.9. The van der Waals surface area contributed by atoms with Crippen LogP contribution in [0.2, 0.25) is 0 Å². The van der Waals surface area contributed by atoms with Crippen molar-refractivity contribution in [3.05, 3.63) is 52.2 Å². The van der Waals surface area contributed by atoms with Gasteiger partial charge in [-0.25, -0.2) is 0 Å². The lowest BCUT2D eigenvalue weighted by molar-refractivity contribution is -0.123. The molecule has 2 N–H and O–H groups in total. The van der Waals surface area contributed by atoms with E-state index in [4.69, 9.17) is 4.74 Å². The van der Waals surface area contributed by atoms with Crippen molar-refractivity contribution in [1.29, 1.82) is 0 Å². The topological polar surface area (TPSA) is 50.4 Å². The second kappa shape index (κ2) is 7.96. The number of carbonyl (C=O) groups excluding carboxylic acids is 1. The van der Waals surface area contributed by atoms with Crippen molar-refractivity contribution < 1.29 is 9.53 Å². The molecule has 1 amide bonds. The molecule has 2 aromatic rings. The van der Waals surface area contributed by atoms with Gasteiger partial charge in [0.05, 0.1) is 19.7 Å². The number of thiophene rings is 1. The Morgan fingerprint density at radius 3 is 2.68 bits per heavy atom. The summed E-state index contributed by atoms with van der Waals surface area (Å²) in [5, 5.41) is 8.27. The third-order valence-corrected chi connectivity index (χ3v) is 4.39. The average molecular weight is 318 g/mol. The van der Waals surface area contributed by atoms with Gasteiger partial charge in [-0.05, 0) is 31.4 Å². The Hall–Kier alpha value is -1.85. The second-order valence-corrected chi connectivity index (χ2v) is 6.18. The van der Waals surface area contributed by atoms with Crippen LogP contribution in [0.25, 0.3) is 0 Å². The predicted octanol–water partition coefficient (Wildman–Crippen LogP) is 3.11. The molecule has 2 atom stereocenters. The molecular formula is C17H22N2O2S. The van der Waals surface area contributed by atoms with E-state index in [1.54, 1.807) is 18.4 Å². The highest BCUT2D eigenvalue weighted by atomic mass is 32.1. The quantitative estimate of drug-likeness (QED) is 0.825. The summed E-state index contributed by atoms with van der Waals surface area (Å²) >= 11 is 1.64. The fourth-order valence-corrected chi connectivity index (χ4v) is 2.95. The number of hydrogen-bond acceptors (Lipinski definition) is 4. The molecule has 0 fully saturated rings. The number of amides is 1. The van der Waals surface area contributed by atoms with Crippen LogP contribution < -0.4 is 15.4 Å². The Bertz CT molecular complexity index is 598. The third kappa shape index (κ3) is 4.32. The van der Waals surface area contributed by atoms with E-state index in [-0.39, 0.29) is 18.0 Å². The van der Waals surface area contributed by atoms with E-state index in [2.05, 4.69) is 10.6 Å². The van der Waals surface area contributed by atoms with Gasteiger partial charge >= 0.3 is 0 Å². The lowest BCUT2D eigenvalue weighted by Crippen LogP contribution is -2.42. The lowest BCUT2D eigenvalue weighted by Gasteiger charge is -2.21. The number of para-hydroxylation sites is 1. The maximum atomic E-state index is 12.2. The first-order valence-corrected chi connectivity index (χ1v) is 8.19. The highest BCUT2D eigenvalue weighted by molar-refractivity contribution is 7.09. The van der Waals surface area contributed by atoms with Crippen LogP contribution in [0, 0.1) is 0 Å². The van der Waals surface area contributed by atoms with Crippen LogP contribution in [0.1, 0.15) is 30.3 Å². The van der Waals surface area contributed by atoms with Crippen molar-refractivity contribution in [3.63, 3.8) is 0 Å². The molecule has 0 aliphatic heterocycles. The molecule has 0 radical (unpaired) electrons. The monoisotopic (exact) mass is 318 g/mol. The second-order valence-electron chi connectivity index (χ2n) is 5.15. The van der Waals surface area contributed by atoms with Gasteiger partial charge in [0.1, 0.15) is 5.75 Å². The molecule has 0 bridgehead atoms. The zero-order valence-corrected chi connectivity index (χ0v) is 13.9. The molecule has 1 aromatic carbocycles. The van der Waals surface area contributed by atoms with Crippen LogP contribution in [-0.2, 0) is 11.3 Å². The summed E-state index contributed by atoms with van der Waals surface area (Å²) in [5.41, 5.74) is 1.04. The summed E-state index contributed by atoms with van der Waals surface area (Å²) in [7, 11) is 1.66. The standard InChI is InChI=1S/C17H22N2O2S/c1-12(15-8-4-5-9-16(15)21-3)19-13(2)17(20)18-11-14-7-6-10-22-14/h4-10,12-13,19H,11H2,1-3H3,(H,18,20). The van der Waals surface area contributed by atoms with Crippen LogP contribution in [0.5, 0.6) is 5.75 Å². The average Bonchev–Trinajstić information content (AvgIpc) is 3.05. The number of carbonyl (C=O) groups is 1.